The second-order valence-corrected chi connectivity index (χ2v) is 5.18. The summed E-state index contributed by atoms with van der Waals surface area (Å²) in [6.45, 7) is 1.97. The highest BCUT2D eigenvalue weighted by molar-refractivity contribution is 9.10. The van der Waals surface area contributed by atoms with Crippen LogP contribution >= 0.6 is 15.9 Å². The fourth-order valence-electron chi connectivity index (χ4n) is 1.89. The van der Waals surface area contributed by atoms with Crippen LogP contribution in [0.2, 0.25) is 0 Å². The van der Waals surface area contributed by atoms with Crippen molar-refractivity contribution < 1.29 is 14.2 Å². The van der Waals surface area contributed by atoms with Crippen LogP contribution in [0.15, 0.2) is 40.9 Å². The van der Waals surface area contributed by atoms with E-state index in [0.29, 0.717) is 11.1 Å². The van der Waals surface area contributed by atoms with E-state index in [0.717, 1.165) is 10.0 Å². The third-order valence-corrected chi connectivity index (χ3v) is 3.63. The summed E-state index contributed by atoms with van der Waals surface area (Å²) >= 11 is 3.41. The standard InChI is InChI=1S/C15H14BrFO2/c1-9-3-5-11(12(16)7-9)15(18)10-4-6-14(19-2)13(17)8-10/h3-8,15,18H,1-2H3. The average molecular weight is 325 g/mol. The number of benzene rings is 2. The van der Waals surface area contributed by atoms with Crippen molar-refractivity contribution >= 4 is 15.9 Å². The molecule has 0 aliphatic carbocycles. The highest BCUT2D eigenvalue weighted by Crippen LogP contribution is 2.31. The summed E-state index contributed by atoms with van der Waals surface area (Å²) in [5.74, 6) is -0.318. The van der Waals surface area contributed by atoms with Crippen LogP contribution in [0, 0.1) is 12.7 Å². The lowest BCUT2D eigenvalue weighted by Gasteiger charge is -2.14. The van der Waals surface area contributed by atoms with Crippen molar-refractivity contribution in [3.8, 4) is 5.75 Å². The first-order valence-electron chi connectivity index (χ1n) is 5.80. The number of aliphatic hydroxyl groups is 1. The number of aryl methyl sites for hydroxylation is 1. The molecule has 0 bridgehead atoms. The summed E-state index contributed by atoms with van der Waals surface area (Å²) in [5, 5.41) is 10.3. The lowest BCUT2D eigenvalue weighted by Crippen LogP contribution is -2.02. The van der Waals surface area contributed by atoms with Crippen molar-refractivity contribution in [1.82, 2.24) is 0 Å². The summed E-state index contributed by atoms with van der Waals surface area (Å²) in [7, 11) is 1.41. The van der Waals surface area contributed by atoms with Crippen molar-refractivity contribution in [1.29, 1.82) is 0 Å². The largest absolute Gasteiger partial charge is 0.494 e. The normalized spacial score (nSPS) is 12.3. The third-order valence-electron chi connectivity index (χ3n) is 2.94. The lowest BCUT2D eigenvalue weighted by molar-refractivity contribution is 0.218. The van der Waals surface area contributed by atoms with Gasteiger partial charge in [-0.3, -0.25) is 0 Å². The molecule has 2 aromatic carbocycles. The molecule has 0 amide bonds. The maximum atomic E-state index is 13.6. The van der Waals surface area contributed by atoms with Crippen LogP contribution in [-0.2, 0) is 0 Å². The molecule has 19 heavy (non-hydrogen) atoms. The van der Waals surface area contributed by atoms with Gasteiger partial charge in [0.2, 0.25) is 0 Å². The van der Waals surface area contributed by atoms with Crippen molar-refractivity contribution in [2.75, 3.05) is 7.11 Å². The number of rotatable bonds is 3. The average Bonchev–Trinajstić information content (AvgIpc) is 2.38. The van der Waals surface area contributed by atoms with E-state index in [1.165, 1.54) is 19.2 Å². The van der Waals surface area contributed by atoms with E-state index in [4.69, 9.17) is 4.74 Å². The molecular weight excluding hydrogens is 311 g/mol. The number of halogens is 2. The quantitative estimate of drug-likeness (QED) is 0.925. The Morgan fingerprint density at radius 2 is 1.95 bits per heavy atom. The van der Waals surface area contributed by atoms with Gasteiger partial charge in [0, 0.05) is 4.47 Å². The van der Waals surface area contributed by atoms with Gasteiger partial charge < -0.3 is 9.84 Å². The van der Waals surface area contributed by atoms with E-state index < -0.39 is 11.9 Å². The summed E-state index contributed by atoms with van der Waals surface area (Å²) in [6.07, 6.45) is -0.879. The molecule has 0 saturated heterocycles. The van der Waals surface area contributed by atoms with E-state index in [-0.39, 0.29) is 5.75 Å². The molecule has 0 heterocycles. The number of aliphatic hydroxyl groups excluding tert-OH is 1. The molecule has 0 radical (unpaired) electrons. The van der Waals surface area contributed by atoms with Gasteiger partial charge in [-0.05, 0) is 41.8 Å². The molecule has 2 aromatic rings. The fourth-order valence-corrected chi connectivity index (χ4v) is 2.60. The second-order valence-electron chi connectivity index (χ2n) is 4.32. The van der Waals surface area contributed by atoms with Crippen molar-refractivity contribution in [2.45, 2.75) is 13.0 Å². The minimum atomic E-state index is -0.879. The number of ether oxygens (including phenoxy) is 1. The molecule has 0 aliphatic heterocycles. The Morgan fingerprint density at radius 1 is 1.21 bits per heavy atom. The Bertz CT molecular complexity index is 599. The van der Waals surface area contributed by atoms with Gasteiger partial charge in [-0.25, -0.2) is 4.39 Å². The van der Waals surface area contributed by atoms with Gasteiger partial charge in [0.1, 0.15) is 6.10 Å². The molecule has 0 saturated carbocycles. The first kappa shape index (κ1) is 14.0. The lowest BCUT2D eigenvalue weighted by atomic mass is 10.0. The number of hydrogen-bond acceptors (Lipinski definition) is 2. The van der Waals surface area contributed by atoms with Gasteiger partial charge in [0.25, 0.3) is 0 Å². The zero-order valence-electron chi connectivity index (χ0n) is 10.7. The van der Waals surface area contributed by atoms with Crippen LogP contribution in [-0.4, -0.2) is 12.2 Å². The van der Waals surface area contributed by atoms with Crippen LogP contribution < -0.4 is 4.74 Å². The third kappa shape index (κ3) is 2.96. The Labute approximate surface area is 120 Å². The summed E-state index contributed by atoms with van der Waals surface area (Å²) in [4.78, 5) is 0. The molecule has 0 aromatic heterocycles. The topological polar surface area (TPSA) is 29.5 Å². The van der Waals surface area contributed by atoms with Gasteiger partial charge in [-0.2, -0.15) is 0 Å². The van der Waals surface area contributed by atoms with Gasteiger partial charge in [0.05, 0.1) is 7.11 Å². The van der Waals surface area contributed by atoms with Crippen LogP contribution in [0.3, 0.4) is 0 Å². The molecular formula is C15H14BrFO2. The molecule has 0 aliphatic rings. The SMILES string of the molecule is COc1ccc(C(O)c2ccc(C)cc2Br)cc1F. The smallest absolute Gasteiger partial charge is 0.165 e. The van der Waals surface area contributed by atoms with Gasteiger partial charge in [-0.15, -0.1) is 0 Å². The van der Waals surface area contributed by atoms with E-state index in [9.17, 15) is 9.50 Å². The Balaban J connectivity index is 2.38. The predicted molar refractivity (Wildman–Crippen MR) is 75.9 cm³/mol. The highest BCUT2D eigenvalue weighted by Gasteiger charge is 2.15. The predicted octanol–water partition coefficient (Wildman–Crippen LogP) is 3.99. The Kier molecular flexibility index (Phi) is 4.22. The second kappa shape index (κ2) is 5.72. The zero-order valence-corrected chi connectivity index (χ0v) is 12.2. The summed E-state index contributed by atoms with van der Waals surface area (Å²) < 4.78 is 19.3. The highest BCUT2D eigenvalue weighted by atomic mass is 79.9. The van der Waals surface area contributed by atoms with Gasteiger partial charge in [-0.1, -0.05) is 34.1 Å². The Hall–Kier alpha value is -1.39. The maximum absolute atomic E-state index is 13.6. The van der Waals surface area contributed by atoms with Crippen molar-refractivity contribution in [3.63, 3.8) is 0 Å². The molecule has 1 unspecified atom stereocenters. The van der Waals surface area contributed by atoms with E-state index in [1.54, 1.807) is 6.07 Å². The first-order chi connectivity index (χ1) is 9.02. The molecule has 2 nitrogen and oxygen atoms in total. The number of methoxy groups -OCH3 is 1. The van der Waals surface area contributed by atoms with E-state index in [1.807, 2.05) is 25.1 Å². The zero-order chi connectivity index (χ0) is 14.0. The van der Waals surface area contributed by atoms with Crippen LogP contribution in [0.25, 0.3) is 0 Å². The van der Waals surface area contributed by atoms with Crippen LogP contribution in [0.4, 0.5) is 4.39 Å². The van der Waals surface area contributed by atoms with Gasteiger partial charge >= 0.3 is 0 Å². The number of hydrogen-bond donors (Lipinski definition) is 1. The maximum Gasteiger partial charge on any atom is 0.165 e. The van der Waals surface area contributed by atoms with Gasteiger partial charge in [0.15, 0.2) is 11.6 Å². The van der Waals surface area contributed by atoms with Crippen LogP contribution in [0.5, 0.6) is 5.75 Å². The molecule has 100 valence electrons. The molecule has 2 rings (SSSR count). The van der Waals surface area contributed by atoms with E-state index >= 15 is 0 Å². The summed E-state index contributed by atoms with van der Waals surface area (Å²) in [5.41, 5.74) is 2.28. The Morgan fingerprint density at radius 3 is 2.53 bits per heavy atom. The van der Waals surface area contributed by atoms with E-state index in [2.05, 4.69) is 15.9 Å². The summed E-state index contributed by atoms with van der Waals surface area (Å²) in [6, 6.07) is 10.1. The minimum Gasteiger partial charge on any atom is -0.494 e. The molecule has 1 atom stereocenters. The molecule has 0 fully saturated rings. The molecule has 0 spiro atoms. The molecule has 4 heteroatoms. The van der Waals surface area contributed by atoms with Crippen molar-refractivity contribution in [2.24, 2.45) is 0 Å². The minimum absolute atomic E-state index is 0.166. The first-order valence-corrected chi connectivity index (χ1v) is 6.59. The van der Waals surface area contributed by atoms with Crippen molar-refractivity contribution in [3.05, 3.63) is 63.4 Å². The molecule has 1 N–H and O–H groups in total. The fraction of sp³-hybridized carbons (Fsp3) is 0.200. The van der Waals surface area contributed by atoms with Crippen LogP contribution in [0.1, 0.15) is 22.8 Å². The monoisotopic (exact) mass is 324 g/mol.